The fourth-order valence-corrected chi connectivity index (χ4v) is 8.32. The summed E-state index contributed by atoms with van der Waals surface area (Å²) in [7, 11) is 0. The number of carbonyl (C=O) groups is 2. The van der Waals surface area contributed by atoms with Gasteiger partial charge in [-0.15, -0.1) is 0 Å². The molecule has 0 fully saturated rings. The molecule has 0 aromatic carbocycles. The van der Waals surface area contributed by atoms with Crippen molar-refractivity contribution in [2.75, 3.05) is 32.8 Å². The lowest BCUT2D eigenvalue weighted by Crippen LogP contribution is -2.34. The lowest BCUT2D eigenvalue weighted by molar-refractivity contribution is -0.150. The molecule has 0 radical (unpaired) electrons. The molecular formula is C51H97N3O5. The molecule has 0 aliphatic carbocycles. The summed E-state index contributed by atoms with van der Waals surface area (Å²) >= 11 is 0. The number of aromatic nitrogens is 2. The monoisotopic (exact) mass is 832 g/mol. The SMILES string of the molecule is CCCCCCCCC(CCCCCC)C(=O)OCCCCCCN(CCCCn1ccnc1)CC(O)CCCCOC(=O)C(CCCCCC)CCCCCCCC. The predicted molar refractivity (Wildman–Crippen MR) is 249 cm³/mol. The summed E-state index contributed by atoms with van der Waals surface area (Å²) in [5.74, 6) is 0.146. The van der Waals surface area contributed by atoms with Crippen LogP contribution < -0.4 is 0 Å². The van der Waals surface area contributed by atoms with Crippen molar-refractivity contribution in [3.05, 3.63) is 18.7 Å². The first-order valence-electron chi connectivity index (χ1n) is 25.6. The fraction of sp³-hybridized carbons (Fsp3) is 0.902. The Kier molecular flexibility index (Phi) is 38.7. The van der Waals surface area contributed by atoms with Crippen LogP contribution in [-0.2, 0) is 25.6 Å². The van der Waals surface area contributed by atoms with E-state index in [1.807, 2.05) is 18.7 Å². The molecule has 0 aliphatic rings. The van der Waals surface area contributed by atoms with Gasteiger partial charge in [-0.1, -0.05) is 169 Å². The fourth-order valence-electron chi connectivity index (χ4n) is 8.32. The third kappa shape index (κ3) is 33.4. The first-order valence-corrected chi connectivity index (χ1v) is 25.6. The molecule has 3 unspecified atom stereocenters. The molecule has 1 N–H and O–H groups in total. The topological polar surface area (TPSA) is 93.9 Å². The number of unbranched alkanes of at least 4 members (excludes halogenated alkanes) is 21. The molecular weight excluding hydrogens is 735 g/mol. The van der Waals surface area contributed by atoms with Gasteiger partial charge in [0.05, 0.1) is 37.5 Å². The number of aryl methyl sites for hydroxylation is 1. The van der Waals surface area contributed by atoms with E-state index in [2.05, 4.69) is 42.1 Å². The number of hydrogen-bond acceptors (Lipinski definition) is 7. The van der Waals surface area contributed by atoms with Crippen LogP contribution in [0.3, 0.4) is 0 Å². The molecule has 0 spiro atoms. The molecule has 1 rings (SSSR count). The largest absolute Gasteiger partial charge is 0.465 e. The first kappa shape index (κ1) is 55.1. The van der Waals surface area contributed by atoms with Crippen molar-refractivity contribution >= 4 is 11.9 Å². The van der Waals surface area contributed by atoms with Crippen molar-refractivity contribution in [3.8, 4) is 0 Å². The highest BCUT2D eigenvalue weighted by atomic mass is 16.5. The van der Waals surface area contributed by atoms with Crippen LogP contribution in [0.25, 0.3) is 0 Å². The van der Waals surface area contributed by atoms with Crippen LogP contribution >= 0.6 is 0 Å². The molecule has 1 aromatic rings. The van der Waals surface area contributed by atoms with Crippen LogP contribution in [0.1, 0.15) is 240 Å². The smallest absolute Gasteiger partial charge is 0.308 e. The highest BCUT2D eigenvalue weighted by molar-refractivity contribution is 5.72. The van der Waals surface area contributed by atoms with Gasteiger partial charge in [0.25, 0.3) is 0 Å². The molecule has 8 heteroatoms. The van der Waals surface area contributed by atoms with E-state index in [4.69, 9.17) is 9.47 Å². The van der Waals surface area contributed by atoms with Crippen molar-refractivity contribution in [1.82, 2.24) is 14.5 Å². The second-order valence-corrected chi connectivity index (χ2v) is 17.9. The van der Waals surface area contributed by atoms with Crippen molar-refractivity contribution in [3.63, 3.8) is 0 Å². The van der Waals surface area contributed by atoms with E-state index in [1.165, 1.54) is 103 Å². The number of nitrogens with zero attached hydrogens (tertiary/aromatic N) is 3. The standard InChI is InChI=1S/C51H97N3O5/c1-5-9-13-17-19-25-35-47(33-23-15-11-7-3)50(56)58-43-31-22-21-28-39-53(40-29-30-41-54-42-38-52-46-54)45-49(55)37-27-32-44-59-51(57)48(34-24-16-12-8-4)36-26-20-18-14-10-6-2/h38,42,46-49,55H,5-37,39-41,43-45H2,1-4H3. The summed E-state index contributed by atoms with van der Waals surface area (Å²) in [6, 6.07) is 0. The third-order valence-electron chi connectivity index (χ3n) is 12.2. The Morgan fingerprint density at radius 2 is 0.915 bits per heavy atom. The van der Waals surface area contributed by atoms with Crippen LogP contribution in [0.15, 0.2) is 18.7 Å². The number of carbonyl (C=O) groups excluding carboxylic acids is 2. The Hall–Kier alpha value is -1.93. The Morgan fingerprint density at radius 3 is 1.39 bits per heavy atom. The average molecular weight is 832 g/mol. The predicted octanol–water partition coefficient (Wildman–Crippen LogP) is 13.8. The van der Waals surface area contributed by atoms with Crippen molar-refractivity contribution in [1.29, 1.82) is 0 Å². The van der Waals surface area contributed by atoms with Gasteiger partial charge < -0.3 is 24.0 Å². The number of imidazole rings is 1. The lowest BCUT2D eigenvalue weighted by atomic mass is 9.94. The van der Waals surface area contributed by atoms with Crippen LogP contribution in [0, 0.1) is 11.8 Å². The summed E-state index contributed by atoms with van der Waals surface area (Å²) in [6.45, 7) is 13.5. The van der Waals surface area contributed by atoms with E-state index < -0.39 is 0 Å². The molecule has 1 aromatic heterocycles. The number of rotatable bonds is 45. The zero-order chi connectivity index (χ0) is 42.9. The molecule has 3 atom stereocenters. The highest BCUT2D eigenvalue weighted by Gasteiger charge is 2.21. The maximum Gasteiger partial charge on any atom is 0.308 e. The van der Waals surface area contributed by atoms with Gasteiger partial charge in [0.15, 0.2) is 0 Å². The summed E-state index contributed by atoms with van der Waals surface area (Å²) in [5, 5.41) is 11.1. The molecule has 0 saturated heterocycles. The molecule has 0 saturated carbocycles. The Labute approximate surface area is 365 Å². The number of ether oxygens (including phenoxy) is 2. The molecule has 0 amide bonds. The number of aliphatic hydroxyl groups is 1. The number of aliphatic hydroxyl groups excluding tert-OH is 1. The van der Waals surface area contributed by atoms with Crippen LogP contribution in [0.5, 0.6) is 0 Å². The second kappa shape index (κ2) is 41.4. The van der Waals surface area contributed by atoms with Gasteiger partial charge in [0, 0.05) is 25.5 Å². The zero-order valence-electron chi connectivity index (χ0n) is 39.5. The number of hydrogen-bond donors (Lipinski definition) is 1. The van der Waals surface area contributed by atoms with Crippen molar-refractivity contribution < 1.29 is 24.2 Å². The Bertz CT molecular complexity index is 1040. The van der Waals surface area contributed by atoms with Crippen molar-refractivity contribution in [2.45, 2.75) is 252 Å². The molecule has 1 heterocycles. The van der Waals surface area contributed by atoms with Gasteiger partial charge in [-0.05, 0) is 83.7 Å². The highest BCUT2D eigenvalue weighted by Crippen LogP contribution is 2.22. The molecule has 346 valence electrons. The van der Waals surface area contributed by atoms with Crippen LogP contribution in [0.4, 0.5) is 0 Å². The minimum Gasteiger partial charge on any atom is -0.465 e. The molecule has 0 aliphatic heterocycles. The van der Waals surface area contributed by atoms with E-state index in [0.29, 0.717) is 19.8 Å². The van der Waals surface area contributed by atoms with Gasteiger partial charge in [0.2, 0.25) is 0 Å². The average Bonchev–Trinajstić information content (AvgIpc) is 3.76. The third-order valence-corrected chi connectivity index (χ3v) is 12.2. The minimum atomic E-state index is -0.385. The first-order chi connectivity index (χ1) is 28.9. The van der Waals surface area contributed by atoms with Gasteiger partial charge in [-0.3, -0.25) is 9.59 Å². The van der Waals surface area contributed by atoms with Gasteiger partial charge in [-0.2, -0.15) is 0 Å². The van der Waals surface area contributed by atoms with Gasteiger partial charge >= 0.3 is 11.9 Å². The molecule has 8 nitrogen and oxygen atoms in total. The van der Waals surface area contributed by atoms with Gasteiger partial charge in [-0.25, -0.2) is 4.98 Å². The van der Waals surface area contributed by atoms with E-state index in [-0.39, 0.29) is 29.9 Å². The normalized spacial score (nSPS) is 13.2. The quantitative estimate of drug-likeness (QED) is 0.0517. The second-order valence-electron chi connectivity index (χ2n) is 17.9. The summed E-state index contributed by atoms with van der Waals surface area (Å²) < 4.78 is 13.8. The lowest BCUT2D eigenvalue weighted by Gasteiger charge is -2.25. The number of esters is 2. The maximum absolute atomic E-state index is 13.1. The van der Waals surface area contributed by atoms with E-state index in [0.717, 1.165) is 129 Å². The summed E-state index contributed by atoms with van der Waals surface area (Å²) in [5.41, 5.74) is 0. The van der Waals surface area contributed by atoms with E-state index in [1.54, 1.807) is 0 Å². The Morgan fingerprint density at radius 1 is 0.525 bits per heavy atom. The van der Waals surface area contributed by atoms with Crippen LogP contribution in [0.2, 0.25) is 0 Å². The van der Waals surface area contributed by atoms with Crippen LogP contribution in [-0.4, -0.2) is 70.4 Å². The maximum atomic E-state index is 13.1. The summed E-state index contributed by atoms with van der Waals surface area (Å²) in [4.78, 5) is 32.7. The van der Waals surface area contributed by atoms with E-state index in [9.17, 15) is 14.7 Å². The Balaban J connectivity index is 2.46. The summed E-state index contributed by atoms with van der Waals surface area (Å²) in [6.07, 6.45) is 42.5. The minimum absolute atomic E-state index is 0.00105. The van der Waals surface area contributed by atoms with Crippen molar-refractivity contribution in [2.24, 2.45) is 11.8 Å². The zero-order valence-corrected chi connectivity index (χ0v) is 39.5. The molecule has 59 heavy (non-hydrogen) atoms. The van der Waals surface area contributed by atoms with Gasteiger partial charge in [0.1, 0.15) is 0 Å². The molecule has 0 bridgehead atoms. The van der Waals surface area contributed by atoms with E-state index >= 15 is 0 Å².